The number of oxazole rings is 1. The van der Waals surface area contributed by atoms with Gasteiger partial charge in [0.15, 0.2) is 11.7 Å². The number of rotatable bonds is 9. The Labute approximate surface area is 226 Å². The predicted octanol–water partition coefficient (Wildman–Crippen LogP) is 4.80. The van der Waals surface area contributed by atoms with Crippen LogP contribution in [0.3, 0.4) is 0 Å². The second kappa shape index (κ2) is 11.3. The third-order valence-corrected chi connectivity index (χ3v) is 7.63. The molecule has 4 aromatic rings. The van der Waals surface area contributed by atoms with Crippen LogP contribution in [0.2, 0.25) is 0 Å². The Balaban J connectivity index is 1.30. The Hall–Kier alpha value is -3.57. The lowest BCUT2D eigenvalue weighted by atomic mass is 9.86. The van der Waals surface area contributed by atoms with E-state index in [0.29, 0.717) is 73.1 Å². The van der Waals surface area contributed by atoms with Gasteiger partial charge >= 0.3 is 0 Å². The molecule has 1 saturated heterocycles. The summed E-state index contributed by atoms with van der Waals surface area (Å²) in [5.74, 6) is 0.871. The van der Waals surface area contributed by atoms with Crippen molar-refractivity contribution in [3.05, 3.63) is 90.1 Å². The average Bonchev–Trinajstić information content (AvgIpc) is 3.36. The Bertz CT molecular complexity index is 1530. The molecular formula is C29H29FN2O6S. The first-order chi connectivity index (χ1) is 18.7. The molecule has 0 bridgehead atoms. The van der Waals surface area contributed by atoms with Gasteiger partial charge in [-0.25, -0.2) is 22.9 Å². The third kappa shape index (κ3) is 6.36. The number of aromatic nitrogens is 1. The smallest absolute Gasteiger partial charge is 0.238 e. The molecule has 0 saturated carbocycles. The molecule has 39 heavy (non-hydrogen) atoms. The van der Waals surface area contributed by atoms with Crippen molar-refractivity contribution >= 4 is 10.0 Å². The van der Waals surface area contributed by atoms with E-state index in [1.54, 1.807) is 18.2 Å². The van der Waals surface area contributed by atoms with Crippen molar-refractivity contribution in [3.63, 3.8) is 0 Å². The summed E-state index contributed by atoms with van der Waals surface area (Å²) in [6.07, 6.45) is 1.80. The van der Waals surface area contributed by atoms with Gasteiger partial charge in [-0.1, -0.05) is 30.3 Å². The lowest BCUT2D eigenvalue weighted by molar-refractivity contribution is -0.0681. The van der Waals surface area contributed by atoms with E-state index in [-0.39, 0.29) is 11.5 Å². The third-order valence-electron chi connectivity index (χ3n) is 6.70. The van der Waals surface area contributed by atoms with Crippen molar-refractivity contribution in [2.75, 3.05) is 19.8 Å². The van der Waals surface area contributed by atoms with Gasteiger partial charge in [0.25, 0.3) is 0 Å². The van der Waals surface area contributed by atoms with Crippen molar-refractivity contribution in [1.82, 2.24) is 4.98 Å². The van der Waals surface area contributed by atoms with Crippen LogP contribution in [0.5, 0.6) is 5.75 Å². The number of halogens is 1. The second-order valence-electron chi connectivity index (χ2n) is 9.49. The fraction of sp³-hybridized carbons (Fsp3) is 0.276. The highest BCUT2D eigenvalue weighted by Gasteiger charge is 2.32. The molecule has 0 atom stereocenters. The van der Waals surface area contributed by atoms with Gasteiger partial charge in [0.2, 0.25) is 10.0 Å². The molecule has 0 radical (unpaired) electrons. The molecule has 1 aliphatic rings. The molecule has 5 rings (SSSR count). The number of primary sulfonamides is 1. The van der Waals surface area contributed by atoms with E-state index >= 15 is 0 Å². The first-order valence-corrected chi connectivity index (χ1v) is 14.2. The summed E-state index contributed by atoms with van der Waals surface area (Å²) in [5, 5.41) is 16.2. The molecular weight excluding hydrogens is 523 g/mol. The SMILES string of the molecule is NS(=O)(=O)c1ccc(-c2oc(CCCOc3cc(F)cc(C4(O)CCOCC4)c3)nc2-c2ccccc2)cc1. The highest BCUT2D eigenvalue weighted by Crippen LogP contribution is 2.35. The molecule has 2 heterocycles. The first kappa shape index (κ1) is 27.0. The Morgan fingerprint density at radius 2 is 1.72 bits per heavy atom. The van der Waals surface area contributed by atoms with Crippen LogP contribution in [-0.2, 0) is 26.8 Å². The molecule has 0 aliphatic carbocycles. The van der Waals surface area contributed by atoms with Crippen LogP contribution in [0.25, 0.3) is 22.6 Å². The maximum Gasteiger partial charge on any atom is 0.238 e. The van der Waals surface area contributed by atoms with E-state index in [9.17, 15) is 17.9 Å². The van der Waals surface area contributed by atoms with Crippen LogP contribution >= 0.6 is 0 Å². The van der Waals surface area contributed by atoms with Gasteiger partial charge in [-0.15, -0.1) is 0 Å². The topological polar surface area (TPSA) is 125 Å². The average molecular weight is 553 g/mol. The van der Waals surface area contributed by atoms with Crippen LogP contribution < -0.4 is 9.88 Å². The van der Waals surface area contributed by atoms with Crippen molar-refractivity contribution in [2.24, 2.45) is 5.14 Å². The van der Waals surface area contributed by atoms with Crippen molar-refractivity contribution in [1.29, 1.82) is 0 Å². The largest absolute Gasteiger partial charge is 0.493 e. The minimum absolute atomic E-state index is 0.00819. The quantitative estimate of drug-likeness (QED) is 0.286. The van der Waals surface area contributed by atoms with Crippen LogP contribution in [0.1, 0.15) is 30.7 Å². The number of hydrogen-bond donors (Lipinski definition) is 2. The van der Waals surface area contributed by atoms with Gasteiger partial charge in [0, 0.05) is 49.7 Å². The molecule has 1 aliphatic heterocycles. The first-order valence-electron chi connectivity index (χ1n) is 12.6. The summed E-state index contributed by atoms with van der Waals surface area (Å²) in [6.45, 7) is 1.12. The zero-order valence-corrected chi connectivity index (χ0v) is 22.0. The molecule has 8 nitrogen and oxygen atoms in total. The predicted molar refractivity (Wildman–Crippen MR) is 143 cm³/mol. The fourth-order valence-corrected chi connectivity index (χ4v) is 5.10. The van der Waals surface area contributed by atoms with Gasteiger partial charge in [-0.2, -0.15) is 0 Å². The zero-order valence-electron chi connectivity index (χ0n) is 21.2. The molecule has 10 heteroatoms. The molecule has 0 unspecified atom stereocenters. The summed E-state index contributed by atoms with van der Waals surface area (Å²) >= 11 is 0. The lowest BCUT2D eigenvalue weighted by Gasteiger charge is -2.32. The monoisotopic (exact) mass is 552 g/mol. The van der Waals surface area contributed by atoms with Gasteiger partial charge in [-0.3, -0.25) is 0 Å². The fourth-order valence-electron chi connectivity index (χ4n) is 4.58. The summed E-state index contributed by atoms with van der Waals surface area (Å²) in [5.41, 5.74) is 1.50. The van der Waals surface area contributed by atoms with Gasteiger partial charge in [-0.05, 0) is 48.4 Å². The number of sulfonamides is 1. The van der Waals surface area contributed by atoms with E-state index < -0.39 is 21.4 Å². The van der Waals surface area contributed by atoms with Crippen LogP contribution in [0.4, 0.5) is 4.39 Å². The van der Waals surface area contributed by atoms with Crippen LogP contribution in [0.15, 0.2) is 82.1 Å². The van der Waals surface area contributed by atoms with Crippen molar-refractivity contribution in [3.8, 4) is 28.3 Å². The van der Waals surface area contributed by atoms with Crippen molar-refractivity contribution in [2.45, 2.75) is 36.2 Å². The highest BCUT2D eigenvalue weighted by molar-refractivity contribution is 7.89. The molecule has 204 valence electrons. The van der Waals surface area contributed by atoms with Crippen LogP contribution in [-0.4, -0.2) is 38.3 Å². The normalized spacial score (nSPS) is 15.3. The molecule has 3 aromatic carbocycles. The Morgan fingerprint density at radius 1 is 1.00 bits per heavy atom. The minimum Gasteiger partial charge on any atom is -0.493 e. The van der Waals surface area contributed by atoms with E-state index in [1.165, 1.54) is 24.3 Å². The number of nitrogens with zero attached hydrogens (tertiary/aromatic N) is 1. The molecule has 1 aromatic heterocycles. The number of aliphatic hydroxyl groups is 1. The van der Waals surface area contributed by atoms with E-state index in [0.717, 1.165) is 5.56 Å². The maximum absolute atomic E-state index is 14.3. The Morgan fingerprint density at radius 3 is 2.41 bits per heavy atom. The van der Waals surface area contributed by atoms with Gasteiger partial charge < -0.3 is 19.0 Å². The number of nitrogens with two attached hydrogens (primary N) is 1. The Kier molecular flexibility index (Phi) is 7.81. The number of benzene rings is 3. The molecule has 0 spiro atoms. The minimum atomic E-state index is -3.82. The van der Waals surface area contributed by atoms with Gasteiger partial charge in [0.1, 0.15) is 17.3 Å². The maximum atomic E-state index is 14.3. The highest BCUT2D eigenvalue weighted by atomic mass is 32.2. The summed E-state index contributed by atoms with van der Waals surface area (Å²) in [4.78, 5) is 4.71. The summed E-state index contributed by atoms with van der Waals surface area (Å²) in [7, 11) is -3.82. The zero-order chi connectivity index (χ0) is 27.5. The van der Waals surface area contributed by atoms with E-state index in [2.05, 4.69) is 0 Å². The second-order valence-corrected chi connectivity index (χ2v) is 11.1. The number of hydrogen-bond acceptors (Lipinski definition) is 7. The van der Waals surface area contributed by atoms with E-state index in [1.807, 2.05) is 30.3 Å². The molecule has 1 fully saturated rings. The van der Waals surface area contributed by atoms with E-state index in [4.69, 9.17) is 24.0 Å². The molecule has 3 N–H and O–H groups in total. The molecule has 0 amide bonds. The number of aryl methyl sites for hydroxylation is 1. The summed E-state index contributed by atoms with van der Waals surface area (Å²) < 4.78 is 54.8. The van der Waals surface area contributed by atoms with Crippen LogP contribution in [0, 0.1) is 5.82 Å². The van der Waals surface area contributed by atoms with Gasteiger partial charge in [0.05, 0.1) is 17.1 Å². The lowest BCUT2D eigenvalue weighted by Crippen LogP contribution is -2.33. The number of ether oxygens (including phenoxy) is 2. The summed E-state index contributed by atoms with van der Waals surface area (Å²) in [6, 6.07) is 20.0. The standard InChI is InChI=1S/C29H29FN2O6S/c30-23-17-22(29(33)12-15-36-16-13-29)18-24(19-23)37-14-4-7-26-32-27(20-5-2-1-3-6-20)28(38-26)21-8-10-25(11-9-21)39(31,34)35/h1-3,5-6,8-11,17-19,33H,4,7,12-16H2,(H2,31,34,35). The van der Waals surface area contributed by atoms with Crippen molar-refractivity contribution < 1.29 is 31.8 Å².